The Morgan fingerprint density at radius 1 is 1.05 bits per heavy atom. The number of esters is 1. The molecule has 22 heavy (non-hydrogen) atoms. The second kappa shape index (κ2) is 7.83. The minimum atomic E-state index is -0.561. The van der Waals surface area contributed by atoms with Crippen LogP contribution in [-0.2, 0) is 16.1 Å². The van der Waals surface area contributed by atoms with Gasteiger partial charge >= 0.3 is 5.97 Å². The van der Waals surface area contributed by atoms with E-state index in [1.807, 2.05) is 30.3 Å². The van der Waals surface area contributed by atoms with Gasteiger partial charge in [-0.25, -0.2) is 4.79 Å². The number of hydrogen-bond acceptors (Lipinski definition) is 4. The number of carbonyl (C=O) groups excluding carboxylic acids is 2. The van der Waals surface area contributed by atoms with Crippen molar-refractivity contribution in [1.29, 1.82) is 0 Å². The lowest BCUT2D eigenvalue weighted by Gasteiger charge is -2.07. The van der Waals surface area contributed by atoms with Gasteiger partial charge in [0.15, 0.2) is 6.61 Å². The third-order valence-corrected chi connectivity index (χ3v) is 2.97. The van der Waals surface area contributed by atoms with Crippen molar-refractivity contribution < 1.29 is 19.1 Å². The van der Waals surface area contributed by atoms with Crippen molar-refractivity contribution in [2.45, 2.75) is 6.54 Å². The van der Waals surface area contributed by atoms with E-state index >= 15 is 0 Å². The first kappa shape index (κ1) is 15.6. The number of methoxy groups -OCH3 is 1. The van der Waals surface area contributed by atoms with Gasteiger partial charge in [-0.15, -0.1) is 0 Å². The van der Waals surface area contributed by atoms with Crippen LogP contribution in [0.3, 0.4) is 0 Å². The number of benzene rings is 2. The molecule has 1 N–H and O–H groups in total. The van der Waals surface area contributed by atoms with Crippen LogP contribution in [0.5, 0.6) is 5.75 Å². The zero-order valence-electron chi connectivity index (χ0n) is 12.2. The first-order valence-corrected chi connectivity index (χ1v) is 6.81. The van der Waals surface area contributed by atoms with E-state index in [1.54, 1.807) is 24.3 Å². The molecule has 5 nitrogen and oxygen atoms in total. The normalized spacial score (nSPS) is 9.86. The van der Waals surface area contributed by atoms with Crippen LogP contribution in [-0.4, -0.2) is 25.6 Å². The molecule has 0 spiro atoms. The Balaban J connectivity index is 1.79. The van der Waals surface area contributed by atoms with Gasteiger partial charge in [-0.05, 0) is 23.8 Å². The predicted octanol–water partition coefficient (Wildman–Crippen LogP) is 2.17. The van der Waals surface area contributed by atoms with Crippen LogP contribution in [0.15, 0.2) is 54.6 Å². The zero-order chi connectivity index (χ0) is 15.8. The van der Waals surface area contributed by atoms with Crippen LogP contribution in [0, 0.1) is 0 Å². The van der Waals surface area contributed by atoms with Gasteiger partial charge in [0, 0.05) is 6.54 Å². The summed E-state index contributed by atoms with van der Waals surface area (Å²) < 4.78 is 10.0. The average Bonchev–Trinajstić information content (AvgIpc) is 2.58. The lowest BCUT2D eigenvalue weighted by molar-refractivity contribution is -0.124. The number of hydrogen-bond donors (Lipinski definition) is 1. The van der Waals surface area contributed by atoms with Crippen molar-refractivity contribution in [2.75, 3.05) is 13.7 Å². The smallest absolute Gasteiger partial charge is 0.338 e. The third kappa shape index (κ3) is 4.63. The number of rotatable bonds is 6. The van der Waals surface area contributed by atoms with Gasteiger partial charge in [0.05, 0.1) is 12.7 Å². The standard InChI is InChI=1S/C17H17NO4/c1-21-15-9-5-8-14(10-15)17(20)22-12-16(19)18-11-13-6-3-2-4-7-13/h2-10H,11-12H2,1H3,(H,18,19). The predicted molar refractivity (Wildman–Crippen MR) is 81.6 cm³/mol. The molecule has 0 bridgehead atoms. The molecule has 1 amide bonds. The molecule has 0 atom stereocenters. The summed E-state index contributed by atoms with van der Waals surface area (Å²) in [6.07, 6.45) is 0. The molecule has 0 heterocycles. The van der Waals surface area contributed by atoms with E-state index < -0.39 is 5.97 Å². The quantitative estimate of drug-likeness (QED) is 0.830. The maximum atomic E-state index is 11.8. The topological polar surface area (TPSA) is 64.6 Å². The molecular weight excluding hydrogens is 282 g/mol. The Kier molecular flexibility index (Phi) is 5.54. The molecule has 0 radical (unpaired) electrons. The number of ether oxygens (including phenoxy) is 2. The lowest BCUT2D eigenvalue weighted by atomic mass is 10.2. The Morgan fingerprint density at radius 2 is 1.82 bits per heavy atom. The number of carbonyl (C=O) groups is 2. The number of amides is 1. The van der Waals surface area contributed by atoms with E-state index in [-0.39, 0.29) is 12.5 Å². The SMILES string of the molecule is COc1cccc(C(=O)OCC(=O)NCc2ccccc2)c1. The minimum absolute atomic E-state index is 0.317. The number of nitrogens with one attached hydrogen (secondary N) is 1. The van der Waals surface area contributed by atoms with E-state index in [1.165, 1.54) is 7.11 Å². The highest BCUT2D eigenvalue weighted by Crippen LogP contribution is 2.13. The van der Waals surface area contributed by atoms with Crippen LogP contribution in [0.1, 0.15) is 15.9 Å². The van der Waals surface area contributed by atoms with Crippen LogP contribution < -0.4 is 10.1 Å². The van der Waals surface area contributed by atoms with Crippen LogP contribution in [0.25, 0.3) is 0 Å². The highest BCUT2D eigenvalue weighted by molar-refractivity contribution is 5.91. The van der Waals surface area contributed by atoms with Crippen molar-refractivity contribution in [1.82, 2.24) is 5.32 Å². The van der Waals surface area contributed by atoms with Crippen LogP contribution in [0.2, 0.25) is 0 Å². The van der Waals surface area contributed by atoms with Crippen LogP contribution in [0.4, 0.5) is 0 Å². The molecule has 5 heteroatoms. The Labute approximate surface area is 128 Å². The highest BCUT2D eigenvalue weighted by Gasteiger charge is 2.10. The van der Waals surface area contributed by atoms with E-state index in [9.17, 15) is 9.59 Å². The molecule has 0 aliphatic heterocycles. The van der Waals surface area contributed by atoms with Gasteiger partial charge in [-0.1, -0.05) is 36.4 Å². The summed E-state index contributed by atoms with van der Waals surface area (Å²) in [6, 6.07) is 16.1. The Hall–Kier alpha value is -2.82. The van der Waals surface area contributed by atoms with Crippen molar-refractivity contribution in [3.63, 3.8) is 0 Å². The van der Waals surface area contributed by atoms with Gasteiger partial charge in [0.1, 0.15) is 5.75 Å². The van der Waals surface area contributed by atoms with Gasteiger partial charge < -0.3 is 14.8 Å². The average molecular weight is 299 g/mol. The van der Waals surface area contributed by atoms with Gasteiger partial charge in [0.2, 0.25) is 0 Å². The molecular formula is C17H17NO4. The molecule has 0 aromatic heterocycles. The summed E-state index contributed by atoms with van der Waals surface area (Å²) in [7, 11) is 1.52. The summed E-state index contributed by atoms with van der Waals surface area (Å²) in [5.41, 5.74) is 1.32. The first-order valence-electron chi connectivity index (χ1n) is 6.81. The Bertz CT molecular complexity index is 640. The summed E-state index contributed by atoms with van der Waals surface area (Å²) >= 11 is 0. The maximum Gasteiger partial charge on any atom is 0.338 e. The largest absolute Gasteiger partial charge is 0.497 e. The minimum Gasteiger partial charge on any atom is -0.497 e. The van der Waals surface area contributed by atoms with Gasteiger partial charge in [-0.3, -0.25) is 4.79 Å². The van der Waals surface area contributed by atoms with Crippen molar-refractivity contribution >= 4 is 11.9 Å². The lowest BCUT2D eigenvalue weighted by Crippen LogP contribution is -2.28. The third-order valence-electron chi connectivity index (χ3n) is 2.97. The summed E-state index contributed by atoms with van der Waals surface area (Å²) in [4.78, 5) is 23.5. The molecule has 2 aromatic rings. The molecule has 0 aliphatic carbocycles. The molecule has 0 fully saturated rings. The first-order chi connectivity index (χ1) is 10.7. The molecule has 114 valence electrons. The van der Waals surface area contributed by atoms with Crippen molar-refractivity contribution in [2.24, 2.45) is 0 Å². The molecule has 2 rings (SSSR count). The molecule has 0 aliphatic rings. The van der Waals surface area contributed by atoms with Crippen molar-refractivity contribution in [3.05, 3.63) is 65.7 Å². The van der Waals surface area contributed by atoms with E-state index in [2.05, 4.69) is 5.32 Å². The van der Waals surface area contributed by atoms with Gasteiger partial charge in [-0.2, -0.15) is 0 Å². The fourth-order valence-corrected chi connectivity index (χ4v) is 1.81. The van der Waals surface area contributed by atoms with E-state index in [0.29, 0.717) is 17.9 Å². The van der Waals surface area contributed by atoms with Crippen LogP contribution >= 0.6 is 0 Å². The molecule has 0 unspecified atom stereocenters. The highest BCUT2D eigenvalue weighted by atomic mass is 16.5. The molecule has 2 aromatic carbocycles. The fourth-order valence-electron chi connectivity index (χ4n) is 1.81. The molecule has 0 saturated heterocycles. The van der Waals surface area contributed by atoms with Crippen molar-refractivity contribution in [3.8, 4) is 5.75 Å². The molecule has 0 saturated carbocycles. The summed E-state index contributed by atoms with van der Waals surface area (Å²) in [5.74, 6) is -0.350. The van der Waals surface area contributed by atoms with E-state index in [4.69, 9.17) is 9.47 Å². The second-order valence-corrected chi connectivity index (χ2v) is 4.57. The summed E-state index contributed by atoms with van der Waals surface area (Å²) in [6.45, 7) is 0.0826. The Morgan fingerprint density at radius 3 is 2.55 bits per heavy atom. The summed E-state index contributed by atoms with van der Waals surface area (Å²) in [5, 5.41) is 2.69. The maximum absolute atomic E-state index is 11.8. The fraction of sp³-hybridized carbons (Fsp3) is 0.176. The second-order valence-electron chi connectivity index (χ2n) is 4.57. The van der Waals surface area contributed by atoms with Gasteiger partial charge in [0.25, 0.3) is 5.91 Å². The monoisotopic (exact) mass is 299 g/mol. The van der Waals surface area contributed by atoms with E-state index in [0.717, 1.165) is 5.56 Å². The zero-order valence-corrected chi connectivity index (χ0v) is 12.2.